The Morgan fingerprint density at radius 1 is 0.462 bits per heavy atom. The van der Waals surface area contributed by atoms with Crippen molar-refractivity contribution in [3.63, 3.8) is 0 Å². The summed E-state index contributed by atoms with van der Waals surface area (Å²) >= 11 is 17.9. The van der Waals surface area contributed by atoms with E-state index in [-0.39, 0.29) is 34.0 Å². The quantitative estimate of drug-likeness (QED) is 0.0135. The van der Waals surface area contributed by atoms with Crippen molar-refractivity contribution in [3.8, 4) is 34.5 Å². The first kappa shape index (κ1) is 110. The molecule has 1 heterocycles. The van der Waals surface area contributed by atoms with Crippen LogP contribution in [0.5, 0.6) is 34.5 Å². The van der Waals surface area contributed by atoms with Crippen LogP contribution >= 0.6 is 55.1 Å². The van der Waals surface area contributed by atoms with Gasteiger partial charge in [0.2, 0.25) is 0 Å². The van der Waals surface area contributed by atoms with E-state index < -0.39 is 16.7 Å². The molecule has 14 aromatic rings. The van der Waals surface area contributed by atoms with Crippen LogP contribution in [-0.2, 0) is 17.5 Å². The maximum absolute atomic E-state index is 12.3. The van der Waals surface area contributed by atoms with Crippen molar-refractivity contribution >= 4 is 141 Å². The van der Waals surface area contributed by atoms with Crippen molar-refractivity contribution in [2.24, 2.45) is 0 Å². The Morgan fingerprint density at radius 3 is 1.48 bits per heavy atom. The molecular formula is C100H109Br2Cl2F4N13O11. The zero-order valence-corrected chi connectivity index (χ0v) is 78.8. The van der Waals surface area contributed by atoms with Gasteiger partial charge in [-0.3, -0.25) is 14.9 Å². The number of ketones is 1. The Kier molecular flexibility index (Phi) is 48.7. The predicted molar refractivity (Wildman–Crippen MR) is 539 cm³/mol. The lowest BCUT2D eigenvalue weighted by Crippen LogP contribution is -2.15. The monoisotopic (exact) mass is 1970 g/mol. The van der Waals surface area contributed by atoms with E-state index >= 15 is 0 Å². The highest BCUT2D eigenvalue weighted by atomic mass is 79.9. The molecule has 696 valence electrons. The Labute approximate surface area is 793 Å². The SMILES string of the molecule is CCNc1ccc(F)cc1.COC(=O)c1ccc(N)cc1.COc1ccc(N)cc1.COc1ccc(OC)c(N)c1.Cc1cc(N)c(Br)cc1C.Cc1ccc(C)c(N)c1.Nc1cc(C(F)(F)F)ccc1Cl.Nc1ccc(Br)cc1.Nc1ccc(Cl)cc1C(=O)c1ccccc1.Nc1ccc(OCc2ccccc2)cc1.Nc1ccc2c(c1)OCCO2.Nc1cccc([N+](=O)[O-])c1. The first-order valence-electron chi connectivity index (χ1n) is 39.9. The van der Waals surface area contributed by atoms with Crippen LogP contribution in [0.15, 0.2) is 318 Å². The number of nitrogens with two attached hydrogens (primary N) is 11. The molecule has 0 aliphatic carbocycles. The molecular weight excluding hydrogens is 1870 g/mol. The zero-order valence-electron chi connectivity index (χ0n) is 74.1. The van der Waals surface area contributed by atoms with Crippen molar-refractivity contribution in [1.29, 1.82) is 0 Å². The standard InChI is InChI=1S/C13H10ClNO.C13H13NO.C8H10BrN.C8H10FN.C8H9NO2.C8H11NO2.C8H9NO2.C8H11N.C7H5ClF3N.C7H9NO.C6H6BrN.C6H6N2O2/c14-10-6-7-12(15)11(8-10)13(16)9-4-2-1-3-5-9;14-12-6-8-13(9-7-12)15-10-11-4-2-1-3-5-11;1-5-3-7(9)8(10)4-6(5)2;1-2-10-8-5-3-7(9)4-6-8;9-6-1-2-7-8(5-6)11-4-3-10-7;1-10-6-3-4-8(11-2)7(9)5-6;1-11-8(10)6-2-4-7(9)5-3-6;1-6-3-4-7(2)8(9)5-6;8-5-2-1-4(3-6(5)12)7(9,10)11;1-9-7-4-2-6(8)3-5-7;7-5-1-3-6(8)4-2-5;7-5-2-1-3-6(4-5)8(9)10/h1-8H,15H2;1-9H,10,14H2;3-4H,10H2,1-2H3;3-6,10H,2H2,1H3;1-2,5H,3-4,9H2;3-5H,9H2,1-2H3;2-5H,9H2,1H3;3-5H,9H2,1-2H3;1-3H,12H2;2-5H,8H2,1H3;1-4H,8H2;1-4H,7H2. The van der Waals surface area contributed by atoms with E-state index in [1.807, 2.05) is 160 Å². The lowest BCUT2D eigenvalue weighted by atomic mass is 10.0. The number of nitro groups is 1. The summed E-state index contributed by atoms with van der Waals surface area (Å²) in [6, 6.07) is 88.5. The van der Waals surface area contributed by atoms with E-state index in [0.717, 1.165) is 108 Å². The number of halogens is 8. The lowest BCUT2D eigenvalue weighted by Gasteiger charge is -2.17. The van der Waals surface area contributed by atoms with Crippen LogP contribution in [0.2, 0.25) is 10.0 Å². The van der Waals surface area contributed by atoms with Crippen molar-refractivity contribution in [3.05, 3.63) is 394 Å². The number of benzene rings is 14. The molecule has 0 spiro atoms. The van der Waals surface area contributed by atoms with Gasteiger partial charge in [0.05, 0.1) is 60.9 Å². The third-order valence-corrected chi connectivity index (χ3v) is 19.2. The van der Waals surface area contributed by atoms with E-state index in [1.54, 1.807) is 143 Å². The minimum Gasteiger partial charge on any atom is -0.497 e. The second-order valence-electron chi connectivity index (χ2n) is 27.7. The minimum atomic E-state index is -4.36. The van der Waals surface area contributed by atoms with E-state index in [9.17, 15) is 37.3 Å². The van der Waals surface area contributed by atoms with Gasteiger partial charge in [0.25, 0.3) is 5.69 Å². The molecule has 0 aromatic heterocycles. The molecule has 0 amide bonds. The van der Waals surface area contributed by atoms with Crippen LogP contribution in [0, 0.1) is 43.6 Å². The molecule has 1 aliphatic heterocycles. The molecule has 24 nitrogen and oxygen atoms in total. The Bertz CT molecular complexity index is 5750. The van der Waals surface area contributed by atoms with E-state index in [0.29, 0.717) is 75.7 Å². The van der Waals surface area contributed by atoms with Crippen LogP contribution in [-0.4, -0.2) is 64.9 Å². The van der Waals surface area contributed by atoms with Crippen molar-refractivity contribution in [2.75, 3.05) is 117 Å². The van der Waals surface area contributed by atoms with E-state index in [1.165, 1.54) is 48.1 Å². The van der Waals surface area contributed by atoms with Gasteiger partial charge < -0.3 is 102 Å². The van der Waals surface area contributed by atoms with Gasteiger partial charge in [0.1, 0.15) is 48.6 Å². The first-order chi connectivity index (χ1) is 62.8. The Balaban J connectivity index is 0.000000303. The normalized spacial score (nSPS) is 10.1. The average molecular weight is 1980 g/mol. The van der Waals surface area contributed by atoms with Gasteiger partial charge in [-0.25, -0.2) is 9.18 Å². The number of esters is 1. The number of ether oxygens (including phenoxy) is 7. The fraction of sp³-hybridized carbons (Fsp3) is 0.140. The maximum atomic E-state index is 12.3. The maximum Gasteiger partial charge on any atom is 0.416 e. The third kappa shape index (κ3) is 42.9. The fourth-order valence-electron chi connectivity index (χ4n) is 10.2. The molecule has 0 radical (unpaired) electrons. The molecule has 32 heteroatoms. The number of non-ortho nitro benzene ring substituents is 1. The fourth-order valence-corrected chi connectivity index (χ4v) is 11.2. The number of carbonyl (C=O) groups excluding carboxylic acids is 2. The van der Waals surface area contributed by atoms with Crippen LogP contribution < -0.4 is 96.8 Å². The summed E-state index contributed by atoms with van der Waals surface area (Å²) in [7, 11) is 6.16. The number of nitrogen functional groups attached to an aromatic ring is 11. The molecule has 0 saturated carbocycles. The van der Waals surface area contributed by atoms with Gasteiger partial charge in [-0.1, -0.05) is 118 Å². The average Bonchev–Trinajstić information content (AvgIpc) is 0.838. The second-order valence-corrected chi connectivity index (χ2v) is 30.3. The lowest BCUT2D eigenvalue weighted by molar-refractivity contribution is -0.384. The molecule has 132 heavy (non-hydrogen) atoms. The summed E-state index contributed by atoms with van der Waals surface area (Å²) in [6.45, 7) is 12.9. The van der Waals surface area contributed by atoms with Crippen LogP contribution in [0.25, 0.3) is 0 Å². The van der Waals surface area contributed by atoms with E-state index in [4.69, 9.17) is 115 Å². The van der Waals surface area contributed by atoms with Crippen molar-refractivity contribution in [1.82, 2.24) is 0 Å². The highest BCUT2D eigenvalue weighted by molar-refractivity contribution is 9.10. The number of anilines is 12. The van der Waals surface area contributed by atoms with Crippen molar-refractivity contribution in [2.45, 2.75) is 47.4 Å². The smallest absolute Gasteiger partial charge is 0.416 e. The number of hydrogen-bond donors (Lipinski definition) is 12. The topological polar surface area (TPSA) is 440 Å². The second kappa shape index (κ2) is 58.7. The number of nitrogens with zero attached hydrogens (tertiary/aromatic N) is 1. The van der Waals surface area contributed by atoms with Crippen LogP contribution in [0.4, 0.5) is 91.5 Å². The number of aryl methyl sites for hydroxylation is 4. The molecule has 1 aliphatic rings. The predicted octanol–water partition coefficient (Wildman–Crippen LogP) is 23.6. The zero-order chi connectivity index (χ0) is 97.8. The molecule has 0 bridgehead atoms. The molecule has 0 fully saturated rings. The molecule has 15 rings (SSSR count). The van der Waals surface area contributed by atoms with Gasteiger partial charge in [0, 0.05) is 113 Å². The number of methoxy groups -OCH3 is 4. The molecule has 14 aromatic carbocycles. The van der Waals surface area contributed by atoms with Gasteiger partial charge in [-0.05, 0) is 285 Å². The first-order valence-corrected chi connectivity index (χ1v) is 42.2. The number of carbonyl (C=O) groups is 2. The Hall–Kier alpha value is -14.7. The molecule has 0 saturated heterocycles. The van der Waals surface area contributed by atoms with Crippen molar-refractivity contribution < 1.29 is 65.2 Å². The summed E-state index contributed by atoms with van der Waals surface area (Å²) in [4.78, 5) is 32.6. The summed E-state index contributed by atoms with van der Waals surface area (Å²) in [5, 5.41) is 13.8. The summed E-state index contributed by atoms with van der Waals surface area (Å²) in [5.74, 6) is 3.97. The summed E-state index contributed by atoms with van der Waals surface area (Å²) in [6.07, 6.45) is -4.36. The van der Waals surface area contributed by atoms with Gasteiger partial charge in [-0.15, -0.1) is 0 Å². The Morgan fingerprint density at radius 2 is 0.992 bits per heavy atom. The van der Waals surface area contributed by atoms with Gasteiger partial charge >= 0.3 is 12.1 Å². The number of nitrogens with one attached hydrogen (secondary N) is 1. The molecule has 0 atom stereocenters. The molecule has 23 N–H and O–H groups in total. The largest absolute Gasteiger partial charge is 0.497 e. The van der Waals surface area contributed by atoms with Crippen LogP contribution in [0.1, 0.15) is 66.6 Å². The number of alkyl halides is 3. The van der Waals surface area contributed by atoms with Gasteiger partial charge in [-0.2, -0.15) is 13.2 Å². The number of rotatable bonds is 12. The number of nitro benzene ring substituents is 1. The minimum absolute atomic E-state index is 0.0278. The highest BCUT2D eigenvalue weighted by Gasteiger charge is 2.30. The van der Waals surface area contributed by atoms with Crippen LogP contribution in [0.3, 0.4) is 0 Å². The molecule has 0 unspecified atom stereocenters. The summed E-state index contributed by atoms with van der Waals surface area (Å²) < 4.78 is 85.9. The van der Waals surface area contributed by atoms with Gasteiger partial charge in [0.15, 0.2) is 17.3 Å². The van der Waals surface area contributed by atoms with E-state index in [2.05, 4.69) is 61.8 Å². The third-order valence-electron chi connectivity index (χ3n) is 17.4. The number of fused-ring (bicyclic) bond motifs is 1. The number of hydrogen-bond acceptors (Lipinski definition) is 23. The highest BCUT2D eigenvalue weighted by Crippen LogP contribution is 2.34. The summed E-state index contributed by atoms with van der Waals surface area (Å²) in [5.41, 5.74) is 75.0.